The molecule has 32 heavy (non-hydrogen) atoms. The van der Waals surface area contributed by atoms with E-state index in [2.05, 4.69) is 61.9 Å². The van der Waals surface area contributed by atoms with Gasteiger partial charge in [0.15, 0.2) is 11.5 Å². The zero-order chi connectivity index (χ0) is 22.7. The predicted octanol–water partition coefficient (Wildman–Crippen LogP) is 7.26. The third-order valence-electron chi connectivity index (χ3n) is 5.81. The second-order valence-electron chi connectivity index (χ2n) is 8.51. The lowest BCUT2D eigenvalue weighted by atomic mass is 9.88. The molecule has 0 saturated carbocycles. The fraction of sp³-hybridized carbons (Fsp3) is 0.250. The molecule has 0 spiro atoms. The Balaban J connectivity index is 1.51. The van der Waals surface area contributed by atoms with Crippen LogP contribution in [0, 0.1) is 0 Å². The van der Waals surface area contributed by atoms with E-state index in [9.17, 15) is 0 Å². The van der Waals surface area contributed by atoms with Gasteiger partial charge in [-0.05, 0) is 87.4 Å². The van der Waals surface area contributed by atoms with Gasteiger partial charge in [0.25, 0.3) is 0 Å². The van der Waals surface area contributed by atoms with E-state index in [-0.39, 0.29) is 5.54 Å². The largest absolute Gasteiger partial charge is 0.493 e. The Morgan fingerprint density at radius 3 is 2.38 bits per heavy atom. The van der Waals surface area contributed by atoms with Crippen molar-refractivity contribution in [3.8, 4) is 17.2 Å². The van der Waals surface area contributed by atoms with Gasteiger partial charge in [0.1, 0.15) is 5.75 Å². The highest BCUT2D eigenvalue weighted by molar-refractivity contribution is 5.88. The van der Waals surface area contributed by atoms with E-state index >= 15 is 0 Å². The van der Waals surface area contributed by atoms with E-state index in [1.807, 2.05) is 54.7 Å². The van der Waals surface area contributed by atoms with Crippen molar-refractivity contribution in [3.05, 3.63) is 83.9 Å². The van der Waals surface area contributed by atoms with Crippen molar-refractivity contribution in [1.82, 2.24) is 0 Å². The lowest BCUT2D eigenvalue weighted by Gasteiger charge is -2.42. The zero-order valence-electron chi connectivity index (χ0n) is 19.4. The van der Waals surface area contributed by atoms with Gasteiger partial charge in [-0.25, -0.2) is 0 Å². The minimum absolute atomic E-state index is 0.0228. The molecule has 1 aliphatic heterocycles. The first-order chi connectivity index (χ1) is 15.4. The third kappa shape index (κ3) is 4.40. The van der Waals surface area contributed by atoms with E-state index in [1.165, 1.54) is 16.8 Å². The van der Waals surface area contributed by atoms with Crippen LogP contribution in [0.15, 0.2) is 77.8 Å². The molecule has 0 N–H and O–H groups in total. The summed E-state index contributed by atoms with van der Waals surface area (Å²) >= 11 is 0. The molecule has 4 heteroatoms. The van der Waals surface area contributed by atoms with E-state index in [0.29, 0.717) is 11.5 Å². The number of rotatable bonds is 6. The van der Waals surface area contributed by atoms with E-state index in [1.54, 1.807) is 7.11 Å². The Morgan fingerprint density at radius 1 is 0.969 bits per heavy atom. The number of nitrogens with zero attached hydrogens (tertiary/aromatic N) is 2. The quantitative estimate of drug-likeness (QED) is 0.389. The van der Waals surface area contributed by atoms with Crippen LogP contribution in [0.25, 0.3) is 5.57 Å². The molecule has 1 heterocycles. The minimum Gasteiger partial charge on any atom is -0.493 e. The van der Waals surface area contributed by atoms with Crippen LogP contribution in [-0.2, 0) is 0 Å². The van der Waals surface area contributed by atoms with Crippen LogP contribution in [0.5, 0.6) is 17.2 Å². The summed E-state index contributed by atoms with van der Waals surface area (Å²) in [6, 6.07) is 21.9. The Hall–Kier alpha value is -3.53. The molecule has 0 atom stereocenters. The standard InChI is InChI=1S/C28H30N2O2/c1-6-30-25-16-11-21(17-24(25)20(2)18-28(30,3)4)19-29-22-12-14-23(15-13-22)32-27-10-8-7-9-26(27)31-5/h7-19H,6H2,1-5H3. The molecule has 3 aromatic carbocycles. The second kappa shape index (κ2) is 8.91. The summed E-state index contributed by atoms with van der Waals surface area (Å²) in [6.07, 6.45) is 4.26. The molecular formula is C28H30N2O2. The molecule has 0 unspecified atom stereocenters. The highest BCUT2D eigenvalue weighted by Gasteiger charge is 2.29. The molecule has 0 bridgehead atoms. The first-order valence-electron chi connectivity index (χ1n) is 11.0. The zero-order valence-corrected chi connectivity index (χ0v) is 19.4. The SMILES string of the molecule is CCN1c2ccc(C=Nc3ccc(Oc4ccccc4OC)cc3)cc2C(C)=CC1(C)C. The smallest absolute Gasteiger partial charge is 0.169 e. The summed E-state index contributed by atoms with van der Waals surface area (Å²) in [5.41, 5.74) is 5.85. The highest BCUT2D eigenvalue weighted by Crippen LogP contribution is 2.39. The van der Waals surface area contributed by atoms with Gasteiger partial charge in [0.05, 0.1) is 18.3 Å². The van der Waals surface area contributed by atoms with E-state index in [4.69, 9.17) is 9.47 Å². The Morgan fingerprint density at radius 2 is 1.69 bits per heavy atom. The lowest BCUT2D eigenvalue weighted by Crippen LogP contribution is -2.44. The summed E-state index contributed by atoms with van der Waals surface area (Å²) in [5.74, 6) is 2.13. The number of anilines is 1. The van der Waals surface area contributed by atoms with Crippen molar-refractivity contribution in [2.45, 2.75) is 33.2 Å². The summed E-state index contributed by atoms with van der Waals surface area (Å²) < 4.78 is 11.3. The topological polar surface area (TPSA) is 34.1 Å². The first kappa shape index (κ1) is 21.7. The van der Waals surface area contributed by atoms with Crippen LogP contribution in [0.2, 0.25) is 0 Å². The number of aliphatic imine (C=N–C) groups is 1. The second-order valence-corrected chi connectivity index (χ2v) is 8.51. The maximum atomic E-state index is 5.94. The van der Waals surface area contributed by atoms with Crippen LogP contribution in [0.4, 0.5) is 11.4 Å². The number of hydrogen-bond donors (Lipinski definition) is 0. The first-order valence-corrected chi connectivity index (χ1v) is 11.0. The minimum atomic E-state index is 0.0228. The van der Waals surface area contributed by atoms with Crippen molar-refractivity contribution >= 4 is 23.2 Å². The van der Waals surface area contributed by atoms with Crippen molar-refractivity contribution in [2.75, 3.05) is 18.6 Å². The highest BCUT2D eigenvalue weighted by atomic mass is 16.5. The van der Waals surface area contributed by atoms with Crippen LogP contribution in [0.3, 0.4) is 0 Å². The number of benzene rings is 3. The number of likely N-dealkylation sites (N-methyl/N-ethyl adjacent to an activating group) is 1. The molecule has 3 aromatic rings. The van der Waals surface area contributed by atoms with Gasteiger partial charge in [0, 0.05) is 24.0 Å². The fourth-order valence-electron chi connectivity index (χ4n) is 4.34. The number of hydrogen-bond acceptors (Lipinski definition) is 4. The van der Waals surface area contributed by atoms with Gasteiger partial charge < -0.3 is 14.4 Å². The Bertz CT molecular complexity index is 1160. The van der Waals surface area contributed by atoms with E-state index in [0.717, 1.165) is 23.5 Å². The Kier molecular flexibility index (Phi) is 6.04. The van der Waals surface area contributed by atoms with Gasteiger partial charge in [0.2, 0.25) is 0 Å². The third-order valence-corrected chi connectivity index (χ3v) is 5.81. The molecule has 164 valence electrons. The molecular weight excluding hydrogens is 396 g/mol. The van der Waals surface area contributed by atoms with Gasteiger partial charge in [-0.3, -0.25) is 4.99 Å². The van der Waals surface area contributed by atoms with Gasteiger partial charge >= 0.3 is 0 Å². The molecule has 4 rings (SSSR count). The Labute approximate surface area is 190 Å². The monoisotopic (exact) mass is 426 g/mol. The van der Waals surface area contributed by atoms with Gasteiger partial charge in [-0.15, -0.1) is 0 Å². The molecule has 0 aliphatic carbocycles. The molecule has 0 radical (unpaired) electrons. The number of para-hydroxylation sites is 2. The summed E-state index contributed by atoms with van der Waals surface area (Å²) in [7, 11) is 1.64. The van der Waals surface area contributed by atoms with Crippen molar-refractivity contribution in [2.24, 2.45) is 4.99 Å². The summed E-state index contributed by atoms with van der Waals surface area (Å²) in [6.45, 7) is 9.89. The normalized spacial score (nSPS) is 14.8. The van der Waals surface area contributed by atoms with Gasteiger partial charge in [-0.2, -0.15) is 0 Å². The van der Waals surface area contributed by atoms with Crippen LogP contribution in [0.1, 0.15) is 38.8 Å². The van der Waals surface area contributed by atoms with Crippen molar-refractivity contribution in [1.29, 1.82) is 0 Å². The number of methoxy groups -OCH3 is 1. The molecule has 1 aliphatic rings. The molecule has 0 amide bonds. The maximum absolute atomic E-state index is 5.94. The van der Waals surface area contributed by atoms with Crippen LogP contribution in [-0.4, -0.2) is 25.4 Å². The average molecular weight is 427 g/mol. The van der Waals surface area contributed by atoms with Crippen molar-refractivity contribution in [3.63, 3.8) is 0 Å². The predicted molar refractivity (Wildman–Crippen MR) is 134 cm³/mol. The fourth-order valence-corrected chi connectivity index (χ4v) is 4.34. The lowest BCUT2D eigenvalue weighted by molar-refractivity contribution is 0.379. The number of ether oxygens (including phenoxy) is 2. The average Bonchev–Trinajstić information content (AvgIpc) is 2.79. The molecule has 0 saturated heterocycles. The number of fused-ring (bicyclic) bond motifs is 1. The maximum Gasteiger partial charge on any atom is 0.169 e. The van der Waals surface area contributed by atoms with Gasteiger partial charge in [-0.1, -0.05) is 24.3 Å². The molecule has 0 aromatic heterocycles. The van der Waals surface area contributed by atoms with Crippen LogP contribution >= 0.6 is 0 Å². The summed E-state index contributed by atoms with van der Waals surface area (Å²) in [4.78, 5) is 7.10. The number of allylic oxidation sites excluding steroid dienone is 1. The van der Waals surface area contributed by atoms with Crippen molar-refractivity contribution < 1.29 is 9.47 Å². The molecule has 0 fully saturated rings. The van der Waals surface area contributed by atoms with Crippen LogP contribution < -0.4 is 14.4 Å². The molecule has 4 nitrogen and oxygen atoms in total. The van der Waals surface area contributed by atoms with E-state index < -0.39 is 0 Å². The summed E-state index contributed by atoms with van der Waals surface area (Å²) in [5, 5.41) is 0.